The average molecular weight is 332 g/mol. The van der Waals surface area contributed by atoms with E-state index in [2.05, 4.69) is 20.7 Å². The Labute approximate surface area is 137 Å². The van der Waals surface area contributed by atoms with Crippen molar-refractivity contribution in [2.24, 2.45) is 0 Å². The average Bonchev–Trinajstić information content (AvgIpc) is 3.23. The first-order chi connectivity index (χ1) is 11.1. The number of amides is 1. The fraction of sp³-hybridized carbons (Fsp3) is 0.200. The monoisotopic (exact) mass is 331 g/mol. The number of halogens is 1. The molecule has 0 saturated carbocycles. The fourth-order valence-electron chi connectivity index (χ4n) is 1.97. The molecule has 0 unspecified atom stereocenters. The van der Waals surface area contributed by atoms with Crippen LogP contribution in [-0.2, 0) is 11.3 Å². The lowest BCUT2D eigenvalue weighted by molar-refractivity contribution is -0.124. The topological polar surface area (TPSA) is 85.8 Å². The molecule has 23 heavy (non-hydrogen) atoms. The summed E-state index contributed by atoms with van der Waals surface area (Å²) in [5.41, 5.74) is 0.845. The second-order valence-corrected chi connectivity index (χ2v) is 5.30. The molecule has 2 aromatic heterocycles. The predicted octanol–water partition coefficient (Wildman–Crippen LogP) is 2.46. The molecule has 1 atom stereocenters. The molecule has 0 saturated heterocycles. The first-order valence-electron chi connectivity index (χ1n) is 6.99. The molecule has 7 nitrogen and oxygen atoms in total. The minimum absolute atomic E-state index is 0.228. The SMILES string of the molecule is C[C@H](C(=O)NCc1ccccc1Cl)n1nnc(-c2ccco2)n1. The smallest absolute Gasteiger partial charge is 0.246 e. The largest absolute Gasteiger partial charge is 0.461 e. The summed E-state index contributed by atoms with van der Waals surface area (Å²) in [6, 6.07) is 10.2. The van der Waals surface area contributed by atoms with Crippen LogP contribution in [0.25, 0.3) is 11.6 Å². The van der Waals surface area contributed by atoms with Gasteiger partial charge in [-0.05, 0) is 35.9 Å². The van der Waals surface area contributed by atoms with E-state index in [4.69, 9.17) is 16.0 Å². The maximum atomic E-state index is 12.2. The predicted molar refractivity (Wildman–Crippen MR) is 83.5 cm³/mol. The van der Waals surface area contributed by atoms with Crippen molar-refractivity contribution in [1.82, 2.24) is 25.5 Å². The van der Waals surface area contributed by atoms with E-state index in [1.807, 2.05) is 18.2 Å². The standard InChI is InChI=1S/C15H14ClN5O2/c1-10(15(22)17-9-11-5-2-3-6-12(11)16)21-19-14(18-20-21)13-7-4-8-23-13/h2-8,10H,9H2,1H3,(H,17,22)/t10-/m1/s1. The third-order valence-electron chi connectivity index (χ3n) is 3.31. The molecule has 0 spiro atoms. The molecule has 8 heteroatoms. The van der Waals surface area contributed by atoms with E-state index in [1.54, 1.807) is 25.1 Å². The number of furan rings is 1. The molecule has 118 valence electrons. The lowest BCUT2D eigenvalue weighted by atomic mass is 10.2. The number of hydrogen-bond donors (Lipinski definition) is 1. The van der Waals surface area contributed by atoms with Gasteiger partial charge in [-0.1, -0.05) is 29.8 Å². The van der Waals surface area contributed by atoms with Crippen LogP contribution in [0.4, 0.5) is 0 Å². The van der Waals surface area contributed by atoms with E-state index in [-0.39, 0.29) is 5.91 Å². The van der Waals surface area contributed by atoms with Gasteiger partial charge < -0.3 is 9.73 Å². The van der Waals surface area contributed by atoms with Gasteiger partial charge in [-0.2, -0.15) is 4.80 Å². The second kappa shape index (κ2) is 6.62. The Morgan fingerprint density at radius 1 is 1.35 bits per heavy atom. The zero-order valence-electron chi connectivity index (χ0n) is 12.3. The molecule has 3 rings (SSSR count). The van der Waals surface area contributed by atoms with Crippen molar-refractivity contribution in [3.05, 3.63) is 53.2 Å². The molecule has 0 fully saturated rings. The van der Waals surface area contributed by atoms with Crippen molar-refractivity contribution in [2.45, 2.75) is 19.5 Å². The lowest BCUT2D eigenvalue weighted by Gasteiger charge is -2.11. The molecule has 1 amide bonds. The molecular formula is C15H14ClN5O2. The fourth-order valence-corrected chi connectivity index (χ4v) is 2.17. The number of carbonyl (C=O) groups is 1. The van der Waals surface area contributed by atoms with Crippen LogP contribution in [0.3, 0.4) is 0 Å². The first kappa shape index (κ1) is 15.2. The summed E-state index contributed by atoms with van der Waals surface area (Å²) < 4.78 is 5.20. The van der Waals surface area contributed by atoms with Gasteiger partial charge in [0.15, 0.2) is 5.76 Å². The van der Waals surface area contributed by atoms with Crippen molar-refractivity contribution >= 4 is 17.5 Å². The van der Waals surface area contributed by atoms with Gasteiger partial charge in [0.2, 0.25) is 11.7 Å². The normalized spacial score (nSPS) is 12.1. The number of carbonyl (C=O) groups excluding carboxylic acids is 1. The van der Waals surface area contributed by atoms with Crippen LogP contribution >= 0.6 is 11.6 Å². The summed E-state index contributed by atoms with van der Waals surface area (Å²) in [6.45, 7) is 2.03. The number of tetrazole rings is 1. The van der Waals surface area contributed by atoms with E-state index in [0.29, 0.717) is 23.2 Å². The first-order valence-corrected chi connectivity index (χ1v) is 7.37. The van der Waals surface area contributed by atoms with Crippen molar-refractivity contribution in [1.29, 1.82) is 0 Å². The lowest BCUT2D eigenvalue weighted by Crippen LogP contribution is -2.31. The summed E-state index contributed by atoms with van der Waals surface area (Å²) in [7, 11) is 0. The molecule has 0 aliphatic heterocycles. The van der Waals surface area contributed by atoms with Crippen LogP contribution < -0.4 is 5.32 Å². The molecular weight excluding hydrogens is 318 g/mol. The van der Waals surface area contributed by atoms with Gasteiger partial charge in [0.05, 0.1) is 6.26 Å². The highest BCUT2D eigenvalue weighted by Crippen LogP contribution is 2.16. The maximum Gasteiger partial charge on any atom is 0.246 e. The van der Waals surface area contributed by atoms with E-state index in [0.717, 1.165) is 5.56 Å². The van der Waals surface area contributed by atoms with Gasteiger partial charge in [-0.25, -0.2) is 0 Å². The molecule has 2 heterocycles. The minimum atomic E-state index is -0.603. The van der Waals surface area contributed by atoms with Crippen LogP contribution in [-0.4, -0.2) is 26.1 Å². The zero-order chi connectivity index (χ0) is 16.2. The Morgan fingerprint density at radius 2 is 2.17 bits per heavy atom. The summed E-state index contributed by atoms with van der Waals surface area (Å²) in [6.07, 6.45) is 1.52. The highest BCUT2D eigenvalue weighted by atomic mass is 35.5. The second-order valence-electron chi connectivity index (χ2n) is 4.90. The van der Waals surface area contributed by atoms with Gasteiger partial charge in [0.1, 0.15) is 6.04 Å². The number of aromatic nitrogens is 4. The number of rotatable bonds is 5. The summed E-state index contributed by atoms with van der Waals surface area (Å²) in [4.78, 5) is 13.5. The van der Waals surface area contributed by atoms with E-state index in [9.17, 15) is 4.79 Å². The number of benzene rings is 1. The Balaban J connectivity index is 1.65. The van der Waals surface area contributed by atoms with E-state index < -0.39 is 6.04 Å². The Morgan fingerprint density at radius 3 is 2.91 bits per heavy atom. The summed E-state index contributed by atoms with van der Waals surface area (Å²) in [5.74, 6) is 0.606. The van der Waals surface area contributed by atoms with E-state index >= 15 is 0 Å². The van der Waals surface area contributed by atoms with Gasteiger partial charge in [-0.3, -0.25) is 4.79 Å². The van der Waals surface area contributed by atoms with Crippen LogP contribution in [0.15, 0.2) is 47.1 Å². The zero-order valence-corrected chi connectivity index (χ0v) is 13.1. The van der Waals surface area contributed by atoms with Gasteiger partial charge >= 0.3 is 0 Å². The van der Waals surface area contributed by atoms with Crippen LogP contribution in [0, 0.1) is 0 Å². The molecule has 0 aliphatic rings. The van der Waals surface area contributed by atoms with Crippen molar-refractivity contribution in [2.75, 3.05) is 0 Å². The van der Waals surface area contributed by atoms with Gasteiger partial charge in [0.25, 0.3) is 0 Å². The van der Waals surface area contributed by atoms with Gasteiger partial charge in [0, 0.05) is 11.6 Å². The maximum absolute atomic E-state index is 12.2. The highest BCUT2D eigenvalue weighted by Gasteiger charge is 2.19. The Kier molecular flexibility index (Phi) is 4.38. The summed E-state index contributed by atoms with van der Waals surface area (Å²) in [5, 5.41) is 15.4. The highest BCUT2D eigenvalue weighted by molar-refractivity contribution is 6.31. The summed E-state index contributed by atoms with van der Waals surface area (Å²) >= 11 is 6.06. The molecule has 1 N–H and O–H groups in total. The third kappa shape index (κ3) is 3.40. The molecule has 0 bridgehead atoms. The van der Waals surface area contributed by atoms with Crippen molar-refractivity contribution in [3.63, 3.8) is 0 Å². The quantitative estimate of drug-likeness (QED) is 0.776. The van der Waals surface area contributed by atoms with Crippen LogP contribution in [0.5, 0.6) is 0 Å². The number of nitrogens with one attached hydrogen (secondary N) is 1. The van der Waals surface area contributed by atoms with E-state index in [1.165, 1.54) is 11.1 Å². The molecule has 0 aliphatic carbocycles. The van der Waals surface area contributed by atoms with Crippen LogP contribution in [0.2, 0.25) is 5.02 Å². The Hall–Kier alpha value is -2.67. The molecule has 0 radical (unpaired) electrons. The van der Waals surface area contributed by atoms with Crippen molar-refractivity contribution < 1.29 is 9.21 Å². The number of hydrogen-bond acceptors (Lipinski definition) is 5. The third-order valence-corrected chi connectivity index (χ3v) is 3.68. The molecule has 3 aromatic rings. The van der Waals surface area contributed by atoms with Gasteiger partial charge in [-0.15, -0.1) is 10.2 Å². The van der Waals surface area contributed by atoms with Crippen molar-refractivity contribution in [3.8, 4) is 11.6 Å². The molecule has 1 aromatic carbocycles. The van der Waals surface area contributed by atoms with Crippen LogP contribution in [0.1, 0.15) is 18.5 Å². The Bertz CT molecular complexity index is 800. The number of nitrogens with zero attached hydrogens (tertiary/aromatic N) is 4. The minimum Gasteiger partial charge on any atom is -0.461 e.